The standard InChI is InChI=1S/C11H16N4O4/c1-6-7(4-13-14-6)3-12-11(19)15-5-8(16)2-9(15)10(17)18/h4,8-9,16H,2-3,5H2,1H3,(H,12,19)(H,13,14)(H,17,18)/t8-,9+/m1/s1. The van der Waals surface area contributed by atoms with Crippen LogP contribution in [0.15, 0.2) is 6.20 Å². The Hall–Kier alpha value is -2.09. The van der Waals surface area contributed by atoms with Crippen LogP contribution in [-0.2, 0) is 11.3 Å². The van der Waals surface area contributed by atoms with Crippen molar-refractivity contribution in [2.45, 2.75) is 32.0 Å². The summed E-state index contributed by atoms with van der Waals surface area (Å²) in [4.78, 5) is 24.1. The number of nitrogens with one attached hydrogen (secondary N) is 2. The SMILES string of the molecule is Cc1[nH]ncc1CNC(=O)N1C[C@H](O)C[C@H]1C(=O)O. The first-order chi connectivity index (χ1) is 8.99. The van der Waals surface area contributed by atoms with E-state index in [2.05, 4.69) is 15.5 Å². The minimum atomic E-state index is -1.11. The summed E-state index contributed by atoms with van der Waals surface area (Å²) in [6, 6.07) is -1.47. The molecule has 0 spiro atoms. The molecule has 2 atom stereocenters. The zero-order chi connectivity index (χ0) is 14.0. The first-order valence-corrected chi connectivity index (χ1v) is 5.93. The van der Waals surface area contributed by atoms with Crippen LogP contribution in [-0.4, -0.2) is 56.0 Å². The van der Waals surface area contributed by atoms with Crippen LogP contribution >= 0.6 is 0 Å². The zero-order valence-electron chi connectivity index (χ0n) is 10.5. The lowest BCUT2D eigenvalue weighted by Gasteiger charge is -2.21. The summed E-state index contributed by atoms with van der Waals surface area (Å²) < 4.78 is 0. The van der Waals surface area contributed by atoms with Gasteiger partial charge in [0.1, 0.15) is 6.04 Å². The molecule has 0 saturated carbocycles. The van der Waals surface area contributed by atoms with E-state index in [-0.39, 0.29) is 19.5 Å². The Morgan fingerprint density at radius 2 is 2.37 bits per heavy atom. The number of carboxylic acid groups (broad SMARTS) is 1. The van der Waals surface area contributed by atoms with Gasteiger partial charge in [-0.05, 0) is 6.92 Å². The second kappa shape index (κ2) is 5.27. The zero-order valence-corrected chi connectivity index (χ0v) is 10.5. The van der Waals surface area contributed by atoms with Crippen molar-refractivity contribution in [3.8, 4) is 0 Å². The van der Waals surface area contributed by atoms with E-state index in [0.717, 1.165) is 16.2 Å². The number of carbonyl (C=O) groups excluding carboxylic acids is 1. The molecule has 0 aromatic carbocycles. The quantitative estimate of drug-likeness (QED) is 0.586. The average Bonchev–Trinajstić information content (AvgIpc) is 2.92. The number of carbonyl (C=O) groups is 2. The highest BCUT2D eigenvalue weighted by Crippen LogP contribution is 2.18. The van der Waals surface area contributed by atoms with E-state index in [9.17, 15) is 14.7 Å². The molecular weight excluding hydrogens is 252 g/mol. The Balaban J connectivity index is 1.96. The number of amides is 2. The molecule has 0 radical (unpaired) electrons. The third-order valence-electron chi connectivity index (χ3n) is 3.19. The number of aromatic amines is 1. The summed E-state index contributed by atoms with van der Waals surface area (Å²) in [5, 5.41) is 27.7. The lowest BCUT2D eigenvalue weighted by atomic mass is 10.2. The number of hydrogen-bond acceptors (Lipinski definition) is 4. The fourth-order valence-electron chi connectivity index (χ4n) is 2.10. The fraction of sp³-hybridized carbons (Fsp3) is 0.545. The maximum absolute atomic E-state index is 11.9. The van der Waals surface area contributed by atoms with E-state index in [1.165, 1.54) is 0 Å². The number of carboxylic acids is 1. The predicted molar refractivity (Wildman–Crippen MR) is 64.3 cm³/mol. The Morgan fingerprint density at radius 3 is 2.95 bits per heavy atom. The number of aliphatic hydroxyl groups is 1. The van der Waals surface area contributed by atoms with E-state index in [1.807, 2.05) is 6.92 Å². The average molecular weight is 268 g/mol. The summed E-state index contributed by atoms with van der Waals surface area (Å²) in [7, 11) is 0. The first kappa shape index (κ1) is 13.3. The van der Waals surface area contributed by atoms with Gasteiger partial charge in [0.15, 0.2) is 0 Å². The number of aromatic nitrogens is 2. The molecule has 2 heterocycles. The predicted octanol–water partition coefficient (Wildman–Crippen LogP) is -0.552. The Labute approximate surface area is 109 Å². The molecule has 8 heteroatoms. The molecule has 1 saturated heterocycles. The number of hydrogen-bond donors (Lipinski definition) is 4. The summed E-state index contributed by atoms with van der Waals surface area (Å²) in [5.74, 6) is -1.11. The number of H-pyrrole nitrogens is 1. The van der Waals surface area contributed by atoms with Crippen molar-refractivity contribution in [3.63, 3.8) is 0 Å². The number of nitrogens with zero attached hydrogens (tertiary/aromatic N) is 2. The van der Waals surface area contributed by atoms with Gasteiger partial charge in [-0.2, -0.15) is 5.10 Å². The van der Waals surface area contributed by atoms with Gasteiger partial charge in [0.05, 0.1) is 12.3 Å². The Morgan fingerprint density at radius 1 is 1.63 bits per heavy atom. The van der Waals surface area contributed by atoms with Crippen molar-refractivity contribution in [3.05, 3.63) is 17.5 Å². The van der Waals surface area contributed by atoms with Crippen LogP contribution in [0.1, 0.15) is 17.7 Å². The monoisotopic (exact) mass is 268 g/mol. The summed E-state index contributed by atoms with van der Waals surface area (Å²) in [6.45, 7) is 2.13. The van der Waals surface area contributed by atoms with E-state index >= 15 is 0 Å². The van der Waals surface area contributed by atoms with Crippen molar-refractivity contribution in [1.29, 1.82) is 0 Å². The maximum Gasteiger partial charge on any atom is 0.326 e. The van der Waals surface area contributed by atoms with Gasteiger partial charge in [0.25, 0.3) is 0 Å². The fourth-order valence-corrected chi connectivity index (χ4v) is 2.10. The summed E-state index contributed by atoms with van der Waals surface area (Å²) in [6.07, 6.45) is 0.874. The molecular formula is C11H16N4O4. The Bertz CT molecular complexity index is 487. The topological polar surface area (TPSA) is 119 Å². The normalized spacial score (nSPS) is 22.5. The van der Waals surface area contributed by atoms with E-state index in [0.29, 0.717) is 0 Å². The molecule has 2 amide bonds. The largest absolute Gasteiger partial charge is 0.480 e. The van der Waals surface area contributed by atoms with Crippen LogP contribution < -0.4 is 5.32 Å². The van der Waals surface area contributed by atoms with Gasteiger partial charge in [-0.1, -0.05) is 0 Å². The molecule has 0 bridgehead atoms. The van der Waals surface area contributed by atoms with E-state index in [1.54, 1.807) is 6.20 Å². The first-order valence-electron chi connectivity index (χ1n) is 5.93. The van der Waals surface area contributed by atoms with Crippen LogP contribution in [0.25, 0.3) is 0 Å². The molecule has 4 N–H and O–H groups in total. The highest BCUT2D eigenvalue weighted by Gasteiger charge is 2.38. The van der Waals surface area contributed by atoms with Crippen LogP contribution in [0.2, 0.25) is 0 Å². The van der Waals surface area contributed by atoms with E-state index < -0.39 is 24.1 Å². The maximum atomic E-state index is 11.9. The van der Waals surface area contributed by atoms with Gasteiger partial charge < -0.3 is 20.4 Å². The number of likely N-dealkylation sites (tertiary alicyclic amines) is 1. The molecule has 8 nitrogen and oxygen atoms in total. The summed E-state index contributed by atoms with van der Waals surface area (Å²) in [5.41, 5.74) is 1.68. The van der Waals surface area contributed by atoms with Crippen molar-refractivity contribution in [2.24, 2.45) is 0 Å². The number of urea groups is 1. The van der Waals surface area contributed by atoms with Crippen molar-refractivity contribution in [1.82, 2.24) is 20.4 Å². The minimum Gasteiger partial charge on any atom is -0.480 e. The van der Waals surface area contributed by atoms with Gasteiger partial charge in [0.2, 0.25) is 0 Å². The summed E-state index contributed by atoms with van der Waals surface area (Å²) >= 11 is 0. The molecule has 1 aliphatic rings. The molecule has 1 fully saturated rings. The second-order valence-electron chi connectivity index (χ2n) is 4.57. The molecule has 1 aromatic heterocycles. The number of β-amino-alcohol motifs (C(OH)–C–C–N with tert-alkyl or cyclic N) is 1. The van der Waals surface area contributed by atoms with Crippen molar-refractivity contribution >= 4 is 12.0 Å². The third kappa shape index (κ3) is 2.84. The molecule has 19 heavy (non-hydrogen) atoms. The molecule has 104 valence electrons. The van der Waals surface area contributed by atoms with Gasteiger partial charge >= 0.3 is 12.0 Å². The van der Waals surface area contributed by atoms with Crippen LogP contribution in [0.3, 0.4) is 0 Å². The lowest BCUT2D eigenvalue weighted by Crippen LogP contribution is -2.45. The highest BCUT2D eigenvalue weighted by molar-refractivity contribution is 5.83. The van der Waals surface area contributed by atoms with Crippen molar-refractivity contribution < 1.29 is 19.8 Å². The van der Waals surface area contributed by atoms with Crippen LogP contribution in [0.4, 0.5) is 4.79 Å². The Kier molecular flexibility index (Phi) is 3.70. The lowest BCUT2D eigenvalue weighted by molar-refractivity contribution is -0.141. The minimum absolute atomic E-state index is 0.0349. The van der Waals surface area contributed by atoms with Gasteiger partial charge in [-0.3, -0.25) is 5.10 Å². The smallest absolute Gasteiger partial charge is 0.326 e. The molecule has 1 aliphatic heterocycles. The number of aliphatic hydroxyl groups excluding tert-OH is 1. The number of aliphatic carboxylic acids is 1. The van der Waals surface area contributed by atoms with Crippen LogP contribution in [0.5, 0.6) is 0 Å². The second-order valence-corrected chi connectivity index (χ2v) is 4.57. The third-order valence-corrected chi connectivity index (χ3v) is 3.19. The van der Waals surface area contributed by atoms with Gasteiger partial charge in [-0.15, -0.1) is 0 Å². The van der Waals surface area contributed by atoms with Gasteiger partial charge in [-0.25, -0.2) is 9.59 Å². The number of aryl methyl sites for hydroxylation is 1. The highest BCUT2D eigenvalue weighted by atomic mass is 16.4. The number of rotatable bonds is 3. The van der Waals surface area contributed by atoms with Crippen molar-refractivity contribution in [2.75, 3.05) is 6.54 Å². The molecule has 2 rings (SSSR count). The van der Waals surface area contributed by atoms with Gasteiger partial charge in [0, 0.05) is 30.8 Å². The van der Waals surface area contributed by atoms with E-state index in [4.69, 9.17) is 5.11 Å². The molecule has 1 aromatic rings. The molecule has 0 aliphatic carbocycles. The van der Waals surface area contributed by atoms with Crippen LogP contribution in [0, 0.1) is 6.92 Å². The molecule has 0 unspecified atom stereocenters.